The van der Waals surface area contributed by atoms with Crippen LogP contribution in [0.5, 0.6) is 5.75 Å². The standard InChI is InChI=1S/C35H50ClN3O9/c1-19(2)38(7)22(5)32(41)47-28-17-29(40)39(8)24-15-23(16-25(44-9)30(24)36)14-20(3)12-11-13-27(45-10)35(43)18-26(46-33(42)37-35)21(4)31-34(28,6)48-31/h11-13,15-16,19,21-22,26-28,31,43H,14,17-18H2,1-10H3,(H,37,42)/b13-11+,20-12+/t21-,22+,26+,27-,28-,31?,34+,35+/m1/s1. The number of carbonyl (C=O) groups excluding carboxylic acids is 3. The highest BCUT2D eigenvalue weighted by Crippen LogP contribution is 2.49. The van der Waals surface area contributed by atoms with Gasteiger partial charge in [0.05, 0.1) is 25.3 Å². The third-order valence-corrected chi connectivity index (χ3v) is 10.4. The number of carbonyl (C=O) groups is 3. The lowest BCUT2D eigenvalue weighted by atomic mass is 9.83. The van der Waals surface area contributed by atoms with E-state index in [4.69, 9.17) is 35.3 Å². The zero-order chi connectivity index (χ0) is 35.7. The Morgan fingerprint density at radius 2 is 1.92 bits per heavy atom. The smallest absolute Gasteiger partial charge is 0.409 e. The van der Waals surface area contributed by atoms with Crippen LogP contribution in [0, 0.1) is 5.92 Å². The number of alkyl carbamates (subject to hydrolysis) is 1. The van der Waals surface area contributed by atoms with Crippen molar-refractivity contribution >= 4 is 35.3 Å². The maximum absolute atomic E-state index is 14.0. The predicted molar refractivity (Wildman–Crippen MR) is 181 cm³/mol. The SMILES string of the molecule is COc1cc2cc(c1Cl)N(C)C(=O)C[C@@H](OC(=O)[C@H](C)N(C)C(C)C)[C@]1(C)OC1[C@H](C)[C@@H]1C[C@@](O)(NC(=O)O1)[C@H](OC)/C=C/C=C(\C)C2. The maximum atomic E-state index is 14.0. The number of likely N-dealkylation sites (N-methyl/N-ethyl adjacent to an activating group) is 1. The minimum atomic E-state index is -1.78. The Morgan fingerprint density at radius 1 is 1.23 bits per heavy atom. The fourth-order valence-electron chi connectivity index (χ4n) is 6.46. The van der Waals surface area contributed by atoms with Crippen LogP contribution >= 0.6 is 11.6 Å². The number of anilines is 1. The molecule has 266 valence electrons. The predicted octanol–water partition coefficient (Wildman–Crippen LogP) is 4.40. The molecule has 4 bridgehead atoms. The first-order valence-corrected chi connectivity index (χ1v) is 16.6. The monoisotopic (exact) mass is 691 g/mol. The zero-order valence-corrected chi connectivity index (χ0v) is 30.3. The molecule has 2 N–H and O–H groups in total. The van der Waals surface area contributed by atoms with Crippen molar-refractivity contribution in [1.82, 2.24) is 10.2 Å². The van der Waals surface area contributed by atoms with Gasteiger partial charge < -0.3 is 33.7 Å². The van der Waals surface area contributed by atoms with E-state index in [2.05, 4.69) is 5.32 Å². The topological polar surface area (TPSA) is 139 Å². The Hall–Kier alpha value is -3.16. The average Bonchev–Trinajstić information content (AvgIpc) is 3.73. The molecule has 2 fully saturated rings. The number of benzene rings is 1. The van der Waals surface area contributed by atoms with Gasteiger partial charge in [-0.1, -0.05) is 42.3 Å². The first-order valence-electron chi connectivity index (χ1n) is 16.3. The molecule has 1 aromatic rings. The quantitative estimate of drug-likeness (QED) is 0.326. The molecular weight excluding hydrogens is 642 g/mol. The number of epoxide rings is 1. The number of ether oxygens (including phenoxy) is 5. The molecule has 1 aromatic carbocycles. The number of nitrogens with one attached hydrogen (secondary N) is 1. The summed E-state index contributed by atoms with van der Waals surface area (Å²) < 4.78 is 29.2. The number of amides is 2. The van der Waals surface area contributed by atoms with E-state index < -0.39 is 59.8 Å². The molecule has 4 rings (SSSR count). The van der Waals surface area contributed by atoms with Crippen molar-refractivity contribution < 1.29 is 43.2 Å². The van der Waals surface area contributed by atoms with Gasteiger partial charge >= 0.3 is 12.1 Å². The number of hydrogen-bond donors (Lipinski definition) is 2. The Morgan fingerprint density at radius 3 is 2.54 bits per heavy atom. The summed E-state index contributed by atoms with van der Waals surface area (Å²) in [5.41, 5.74) is -0.654. The van der Waals surface area contributed by atoms with Gasteiger partial charge in [0.25, 0.3) is 0 Å². The summed E-state index contributed by atoms with van der Waals surface area (Å²) >= 11 is 6.74. The van der Waals surface area contributed by atoms with Crippen molar-refractivity contribution in [2.75, 3.05) is 33.2 Å². The van der Waals surface area contributed by atoms with Gasteiger partial charge in [-0.05, 0) is 65.8 Å². The second-order valence-electron chi connectivity index (χ2n) is 13.7. The molecule has 0 radical (unpaired) electrons. The van der Waals surface area contributed by atoms with Crippen molar-refractivity contribution in [3.05, 3.63) is 46.5 Å². The van der Waals surface area contributed by atoms with Gasteiger partial charge in [-0.2, -0.15) is 0 Å². The van der Waals surface area contributed by atoms with Gasteiger partial charge in [0.2, 0.25) is 5.91 Å². The molecule has 2 amide bonds. The molecule has 0 saturated carbocycles. The third-order valence-electron chi connectivity index (χ3n) is 9.98. The summed E-state index contributed by atoms with van der Waals surface area (Å²) in [5.74, 6) is -0.920. The zero-order valence-electron chi connectivity index (χ0n) is 29.5. The van der Waals surface area contributed by atoms with E-state index in [1.807, 2.05) is 57.9 Å². The summed E-state index contributed by atoms with van der Waals surface area (Å²) in [6, 6.07) is 3.11. The Bertz CT molecular complexity index is 1450. The summed E-state index contributed by atoms with van der Waals surface area (Å²) in [7, 11) is 6.41. The molecule has 3 heterocycles. The van der Waals surface area contributed by atoms with Crippen LogP contribution in [0.3, 0.4) is 0 Å². The highest BCUT2D eigenvalue weighted by atomic mass is 35.5. The molecule has 0 spiro atoms. The first kappa shape index (κ1) is 37.7. The van der Waals surface area contributed by atoms with Crippen molar-refractivity contribution in [1.29, 1.82) is 0 Å². The van der Waals surface area contributed by atoms with Crippen LogP contribution in [0.4, 0.5) is 10.5 Å². The van der Waals surface area contributed by atoms with Crippen molar-refractivity contribution in [3.8, 4) is 5.75 Å². The maximum Gasteiger partial charge on any atom is 0.409 e. The second kappa shape index (κ2) is 14.8. The van der Waals surface area contributed by atoms with Crippen LogP contribution in [0.25, 0.3) is 0 Å². The molecule has 3 aliphatic heterocycles. The molecule has 48 heavy (non-hydrogen) atoms. The van der Waals surface area contributed by atoms with E-state index in [-0.39, 0.29) is 29.8 Å². The lowest BCUT2D eigenvalue weighted by Crippen LogP contribution is -2.63. The number of methoxy groups -OCH3 is 2. The summed E-state index contributed by atoms with van der Waals surface area (Å²) in [4.78, 5) is 43.6. The van der Waals surface area contributed by atoms with Gasteiger partial charge in [-0.3, -0.25) is 19.8 Å². The highest BCUT2D eigenvalue weighted by Gasteiger charge is 2.64. The number of allylic oxidation sites excluding steroid dienone is 3. The fraction of sp³-hybridized carbons (Fsp3) is 0.629. The second-order valence-corrected chi connectivity index (χ2v) is 14.0. The van der Waals surface area contributed by atoms with Crippen LogP contribution in [0.15, 0.2) is 35.9 Å². The van der Waals surface area contributed by atoms with Crippen LogP contribution < -0.4 is 15.0 Å². The van der Waals surface area contributed by atoms with Gasteiger partial charge in [-0.15, -0.1) is 0 Å². The molecular formula is C35H50ClN3O9. The Kier molecular flexibility index (Phi) is 11.6. The van der Waals surface area contributed by atoms with Crippen LogP contribution in [0.1, 0.15) is 59.9 Å². The molecule has 1 unspecified atom stereocenters. The summed E-state index contributed by atoms with van der Waals surface area (Å²) in [6.45, 7) is 11.2. The minimum Gasteiger partial charge on any atom is -0.495 e. The third kappa shape index (κ3) is 7.83. The number of fused-ring (bicyclic) bond motifs is 5. The van der Waals surface area contributed by atoms with E-state index in [1.165, 1.54) is 19.1 Å². The van der Waals surface area contributed by atoms with E-state index in [1.54, 1.807) is 33.0 Å². The minimum absolute atomic E-state index is 0.00609. The average molecular weight is 692 g/mol. The van der Waals surface area contributed by atoms with Gasteiger partial charge in [0, 0.05) is 32.5 Å². The van der Waals surface area contributed by atoms with E-state index in [9.17, 15) is 19.5 Å². The number of aliphatic hydroxyl groups is 1. The molecule has 13 heteroatoms. The molecule has 3 aliphatic rings. The normalized spacial score (nSPS) is 33.6. The largest absolute Gasteiger partial charge is 0.495 e. The lowest BCUT2D eigenvalue weighted by molar-refractivity contribution is -0.159. The molecule has 8 atom stereocenters. The lowest BCUT2D eigenvalue weighted by Gasteiger charge is -2.42. The number of rotatable bonds is 6. The molecule has 12 nitrogen and oxygen atoms in total. The number of halogens is 1. The van der Waals surface area contributed by atoms with E-state index in [0.29, 0.717) is 17.9 Å². The van der Waals surface area contributed by atoms with Gasteiger partial charge in [0.15, 0.2) is 5.72 Å². The number of hydrogen-bond acceptors (Lipinski definition) is 10. The Balaban J connectivity index is 1.79. The number of nitrogens with zero attached hydrogens (tertiary/aromatic N) is 2. The van der Waals surface area contributed by atoms with Crippen LogP contribution in [-0.2, 0) is 35.0 Å². The van der Waals surface area contributed by atoms with Crippen molar-refractivity contribution in [3.63, 3.8) is 0 Å². The van der Waals surface area contributed by atoms with E-state index >= 15 is 0 Å². The van der Waals surface area contributed by atoms with E-state index in [0.717, 1.165) is 11.1 Å². The van der Waals surface area contributed by atoms with Crippen molar-refractivity contribution in [2.24, 2.45) is 5.92 Å². The molecule has 0 aliphatic carbocycles. The van der Waals surface area contributed by atoms with Crippen LogP contribution in [-0.4, -0.2) is 104 Å². The fourth-order valence-corrected chi connectivity index (χ4v) is 6.77. The van der Waals surface area contributed by atoms with Crippen molar-refractivity contribution in [2.45, 2.75) is 109 Å². The molecule has 2 saturated heterocycles. The van der Waals surface area contributed by atoms with Gasteiger partial charge in [-0.25, -0.2) is 4.79 Å². The number of esters is 1. The molecule has 0 aromatic heterocycles. The van der Waals surface area contributed by atoms with Crippen LogP contribution in [0.2, 0.25) is 5.02 Å². The van der Waals surface area contributed by atoms with Gasteiger partial charge in [0.1, 0.15) is 40.7 Å². The first-order chi connectivity index (χ1) is 22.4. The Labute approximate surface area is 288 Å². The summed E-state index contributed by atoms with van der Waals surface area (Å²) in [5, 5.41) is 14.5. The summed E-state index contributed by atoms with van der Waals surface area (Å²) in [6.07, 6.45) is 1.52. The highest BCUT2D eigenvalue weighted by molar-refractivity contribution is 6.35.